The van der Waals surface area contributed by atoms with Gasteiger partial charge in [0.1, 0.15) is 12.3 Å². The van der Waals surface area contributed by atoms with Crippen molar-refractivity contribution >= 4 is 31.9 Å². The van der Waals surface area contributed by atoms with Crippen LogP contribution in [0.4, 0.5) is 0 Å². The summed E-state index contributed by atoms with van der Waals surface area (Å²) in [4.78, 5) is 26.1. The molecule has 7 nitrogen and oxygen atoms in total. The molecule has 4 atom stereocenters. The minimum atomic E-state index is -0.838. The molecular formula is C12H14Br2N2O5. The second-order valence-electron chi connectivity index (χ2n) is 5.38. The molecule has 2 fully saturated rings. The van der Waals surface area contributed by atoms with Gasteiger partial charge in [-0.15, -0.1) is 0 Å². The van der Waals surface area contributed by atoms with Crippen molar-refractivity contribution < 1.29 is 14.9 Å². The minimum Gasteiger partial charge on any atom is -0.394 e. The topological polar surface area (TPSA) is 105 Å². The number of nitrogens with one attached hydrogen (secondary N) is 1. The molecule has 2 heterocycles. The van der Waals surface area contributed by atoms with Crippen LogP contribution in [0.2, 0.25) is 0 Å². The van der Waals surface area contributed by atoms with Gasteiger partial charge in [0.25, 0.3) is 5.56 Å². The van der Waals surface area contributed by atoms with Gasteiger partial charge in [-0.3, -0.25) is 14.3 Å². The second kappa shape index (κ2) is 5.31. The first-order chi connectivity index (χ1) is 9.83. The van der Waals surface area contributed by atoms with Crippen LogP contribution in [0.5, 0.6) is 0 Å². The lowest BCUT2D eigenvalue weighted by Gasteiger charge is -2.15. The maximum absolute atomic E-state index is 11.9. The number of hydrogen-bond donors (Lipinski definition) is 3. The number of halogens is 2. The molecule has 1 saturated heterocycles. The summed E-state index contributed by atoms with van der Waals surface area (Å²) in [6, 6.07) is 0. The summed E-state index contributed by atoms with van der Waals surface area (Å²) < 4.78 is 6.42. The van der Waals surface area contributed by atoms with Crippen molar-refractivity contribution in [3.05, 3.63) is 32.6 Å². The van der Waals surface area contributed by atoms with Crippen LogP contribution in [0.1, 0.15) is 30.6 Å². The predicted octanol–water partition coefficient (Wildman–Crippen LogP) is 0.151. The largest absolute Gasteiger partial charge is 0.394 e. The number of rotatable bonds is 3. The Bertz CT molecular complexity index is 670. The standard InChI is InChI=1S/C12H14Br2N2O5/c13-12(14)2-6(12)5-3-16(11(20)15-10(5)19)9-1-7(18)8(4-17)21-9/h3,6-9,17-18H,1-2,4H2,(H,15,19,20)/t6-,7-,8+,9+/m0/s1. The summed E-state index contributed by atoms with van der Waals surface area (Å²) in [7, 11) is 0. The minimum absolute atomic E-state index is 0.0342. The first kappa shape index (κ1) is 15.4. The first-order valence-corrected chi connectivity index (χ1v) is 8.09. The summed E-state index contributed by atoms with van der Waals surface area (Å²) in [5.74, 6) is -0.0342. The van der Waals surface area contributed by atoms with E-state index in [2.05, 4.69) is 36.8 Å². The zero-order valence-corrected chi connectivity index (χ0v) is 14.0. The number of H-pyrrole nitrogens is 1. The molecule has 0 aromatic carbocycles. The van der Waals surface area contributed by atoms with Crippen LogP contribution < -0.4 is 11.2 Å². The third kappa shape index (κ3) is 2.77. The van der Waals surface area contributed by atoms with E-state index in [0.29, 0.717) is 5.56 Å². The first-order valence-electron chi connectivity index (χ1n) is 6.51. The van der Waals surface area contributed by atoms with E-state index in [-0.39, 0.29) is 22.2 Å². The Morgan fingerprint density at radius 1 is 1.48 bits per heavy atom. The van der Waals surface area contributed by atoms with E-state index in [4.69, 9.17) is 9.84 Å². The molecule has 0 unspecified atom stereocenters. The SMILES string of the molecule is O=c1[nH]c(=O)n([C@H]2C[C@H](O)[C@@H](CO)O2)cc1[C@@H]1CC1(Br)Br. The molecular weight excluding hydrogens is 412 g/mol. The predicted molar refractivity (Wildman–Crippen MR) is 80.9 cm³/mol. The molecule has 1 aliphatic heterocycles. The van der Waals surface area contributed by atoms with Gasteiger partial charge in [0.15, 0.2) is 0 Å². The van der Waals surface area contributed by atoms with E-state index in [0.717, 1.165) is 6.42 Å². The van der Waals surface area contributed by atoms with Crippen LogP contribution >= 0.6 is 31.9 Å². The molecule has 9 heteroatoms. The van der Waals surface area contributed by atoms with Gasteiger partial charge in [0.2, 0.25) is 0 Å². The number of aromatic nitrogens is 2. The highest BCUT2D eigenvalue weighted by atomic mass is 79.9. The van der Waals surface area contributed by atoms with Crippen LogP contribution in [0.25, 0.3) is 0 Å². The molecule has 1 aromatic heterocycles. The van der Waals surface area contributed by atoms with Gasteiger partial charge in [0.05, 0.1) is 15.9 Å². The number of ether oxygens (including phenoxy) is 1. The monoisotopic (exact) mass is 424 g/mol. The summed E-state index contributed by atoms with van der Waals surface area (Å²) >= 11 is 6.91. The lowest BCUT2D eigenvalue weighted by atomic mass is 10.2. The highest BCUT2D eigenvalue weighted by Gasteiger charge is 2.52. The molecule has 0 amide bonds. The molecule has 1 aromatic rings. The van der Waals surface area contributed by atoms with Gasteiger partial charge < -0.3 is 14.9 Å². The molecule has 0 bridgehead atoms. The molecule has 0 radical (unpaired) electrons. The lowest BCUT2D eigenvalue weighted by molar-refractivity contribution is -0.0460. The Morgan fingerprint density at radius 2 is 2.14 bits per heavy atom. The van der Waals surface area contributed by atoms with E-state index < -0.39 is 29.7 Å². The molecule has 116 valence electrons. The number of hydrogen-bond acceptors (Lipinski definition) is 5. The zero-order chi connectivity index (χ0) is 15.4. The van der Waals surface area contributed by atoms with E-state index in [9.17, 15) is 14.7 Å². The number of alkyl halides is 2. The molecule has 1 aliphatic carbocycles. The average Bonchev–Trinajstić information content (AvgIpc) is 2.87. The third-order valence-electron chi connectivity index (χ3n) is 3.89. The highest BCUT2D eigenvalue weighted by Crippen LogP contribution is 2.61. The van der Waals surface area contributed by atoms with Crippen LogP contribution in [-0.4, -0.2) is 41.8 Å². The van der Waals surface area contributed by atoms with Crippen molar-refractivity contribution in [3.63, 3.8) is 0 Å². The fourth-order valence-corrected chi connectivity index (χ4v) is 3.70. The summed E-state index contributed by atoms with van der Waals surface area (Å²) in [6.45, 7) is -0.322. The van der Waals surface area contributed by atoms with Crippen LogP contribution in [0, 0.1) is 0 Å². The van der Waals surface area contributed by atoms with E-state index >= 15 is 0 Å². The number of aromatic amines is 1. The molecule has 3 rings (SSSR count). The Kier molecular flexibility index (Phi) is 3.90. The molecule has 2 aliphatic rings. The Morgan fingerprint density at radius 3 is 2.67 bits per heavy atom. The summed E-state index contributed by atoms with van der Waals surface area (Å²) in [5.41, 5.74) is -0.525. The van der Waals surface area contributed by atoms with Crippen molar-refractivity contribution in [2.24, 2.45) is 0 Å². The van der Waals surface area contributed by atoms with Crippen molar-refractivity contribution in [1.29, 1.82) is 0 Å². The third-order valence-corrected chi connectivity index (χ3v) is 5.64. The zero-order valence-electron chi connectivity index (χ0n) is 10.8. The smallest absolute Gasteiger partial charge is 0.330 e. The van der Waals surface area contributed by atoms with Gasteiger partial charge in [0, 0.05) is 24.1 Å². The van der Waals surface area contributed by atoms with Gasteiger partial charge in [-0.25, -0.2) is 4.79 Å². The van der Waals surface area contributed by atoms with Gasteiger partial charge in [-0.05, 0) is 6.42 Å². The van der Waals surface area contributed by atoms with E-state index in [1.54, 1.807) is 0 Å². The van der Waals surface area contributed by atoms with Gasteiger partial charge in [-0.2, -0.15) is 0 Å². The normalized spacial score (nSPS) is 34.1. The Balaban J connectivity index is 1.95. The van der Waals surface area contributed by atoms with E-state index in [1.165, 1.54) is 10.8 Å². The molecule has 0 spiro atoms. The van der Waals surface area contributed by atoms with Crippen molar-refractivity contribution in [3.8, 4) is 0 Å². The van der Waals surface area contributed by atoms with Crippen molar-refractivity contribution in [1.82, 2.24) is 9.55 Å². The number of nitrogens with zero attached hydrogens (tertiary/aromatic N) is 1. The van der Waals surface area contributed by atoms with Crippen LogP contribution in [-0.2, 0) is 4.74 Å². The fourth-order valence-electron chi connectivity index (χ4n) is 2.56. The van der Waals surface area contributed by atoms with E-state index in [1.807, 2.05) is 0 Å². The molecule has 3 N–H and O–H groups in total. The van der Waals surface area contributed by atoms with Crippen molar-refractivity contribution in [2.75, 3.05) is 6.61 Å². The maximum Gasteiger partial charge on any atom is 0.330 e. The lowest BCUT2D eigenvalue weighted by Crippen LogP contribution is -2.34. The Hall–Kier alpha value is -0.480. The number of aliphatic hydroxyl groups is 2. The average molecular weight is 426 g/mol. The summed E-state index contributed by atoms with van der Waals surface area (Å²) in [6.07, 6.45) is 0.155. The fraction of sp³-hybridized carbons (Fsp3) is 0.667. The van der Waals surface area contributed by atoms with Crippen LogP contribution in [0.3, 0.4) is 0 Å². The van der Waals surface area contributed by atoms with Gasteiger partial charge >= 0.3 is 5.69 Å². The highest BCUT2D eigenvalue weighted by molar-refractivity contribution is 9.25. The Labute approximate surface area is 136 Å². The van der Waals surface area contributed by atoms with Crippen molar-refractivity contribution in [2.45, 2.75) is 40.4 Å². The molecule has 1 saturated carbocycles. The quantitative estimate of drug-likeness (QED) is 0.598. The summed E-state index contributed by atoms with van der Waals surface area (Å²) in [5, 5.41) is 18.8. The van der Waals surface area contributed by atoms with Crippen LogP contribution in [0.15, 0.2) is 15.8 Å². The second-order valence-corrected chi connectivity index (χ2v) is 9.28. The van der Waals surface area contributed by atoms with Gasteiger partial charge in [-0.1, -0.05) is 31.9 Å². The molecule has 21 heavy (non-hydrogen) atoms. The maximum atomic E-state index is 11.9. The number of aliphatic hydroxyl groups excluding tert-OH is 2.